The van der Waals surface area contributed by atoms with Crippen molar-refractivity contribution in [3.8, 4) is 0 Å². The van der Waals surface area contributed by atoms with E-state index in [0.29, 0.717) is 32.5 Å². The Hall–Kier alpha value is -0.620. The number of carbonyl (C=O) groups excluding carboxylic acids is 1. The van der Waals surface area contributed by atoms with Gasteiger partial charge < -0.3 is 4.74 Å². The van der Waals surface area contributed by atoms with Crippen LogP contribution in [-0.2, 0) is 19.6 Å². The summed E-state index contributed by atoms with van der Waals surface area (Å²) in [4.78, 5) is 11.7. The van der Waals surface area contributed by atoms with Crippen molar-refractivity contribution in [2.45, 2.75) is 39.5 Å². The van der Waals surface area contributed by atoms with Crippen LogP contribution >= 0.6 is 0 Å². The summed E-state index contributed by atoms with van der Waals surface area (Å²) in [5, 5.41) is 0. The number of hydrogen-bond donors (Lipinski definition) is 0. The van der Waals surface area contributed by atoms with E-state index in [9.17, 15) is 13.2 Å². The molecule has 0 aromatic rings. The third-order valence-corrected chi connectivity index (χ3v) is 5.17. The zero-order chi connectivity index (χ0) is 13.6. The molecule has 1 saturated heterocycles. The van der Waals surface area contributed by atoms with Crippen LogP contribution in [0.4, 0.5) is 0 Å². The second kappa shape index (κ2) is 7.09. The van der Waals surface area contributed by atoms with Crippen LogP contribution in [0.2, 0.25) is 0 Å². The van der Waals surface area contributed by atoms with Gasteiger partial charge in [0.15, 0.2) is 0 Å². The average molecular weight is 277 g/mol. The Morgan fingerprint density at radius 2 is 1.89 bits per heavy atom. The number of piperidine rings is 1. The smallest absolute Gasteiger partial charge is 0.309 e. The lowest BCUT2D eigenvalue weighted by Crippen LogP contribution is -2.41. The molecular formula is C12H23NO4S. The minimum atomic E-state index is -3.11. The summed E-state index contributed by atoms with van der Waals surface area (Å²) in [6.45, 7) is 5.03. The quantitative estimate of drug-likeness (QED) is 0.543. The van der Waals surface area contributed by atoms with Crippen molar-refractivity contribution in [1.29, 1.82) is 0 Å². The summed E-state index contributed by atoms with van der Waals surface area (Å²) in [5.74, 6) is -0.180. The van der Waals surface area contributed by atoms with Gasteiger partial charge in [0, 0.05) is 13.1 Å². The summed E-state index contributed by atoms with van der Waals surface area (Å²) in [7, 11) is -3.11. The number of sulfonamides is 1. The number of hydrogen-bond acceptors (Lipinski definition) is 4. The molecule has 0 unspecified atom stereocenters. The van der Waals surface area contributed by atoms with Gasteiger partial charge in [-0.1, -0.05) is 13.3 Å². The fourth-order valence-electron chi connectivity index (χ4n) is 1.99. The summed E-state index contributed by atoms with van der Waals surface area (Å²) in [6.07, 6.45) is 3.03. The molecule has 106 valence electrons. The molecule has 5 nitrogen and oxygen atoms in total. The molecule has 1 rings (SSSR count). The number of ether oxygens (including phenoxy) is 1. The molecular weight excluding hydrogens is 254 g/mol. The van der Waals surface area contributed by atoms with Crippen molar-refractivity contribution in [2.75, 3.05) is 25.4 Å². The molecule has 0 bridgehead atoms. The summed E-state index contributed by atoms with van der Waals surface area (Å²) in [6, 6.07) is 0. The van der Waals surface area contributed by atoms with Crippen LogP contribution in [0, 0.1) is 5.92 Å². The van der Waals surface area contributed by atoms with Crippen molar-refractivity contribution < 1.29 is 17.9 Å². The molecule has 0 atom stereocenters. The first-order valence-electron chi connectivity index (χ1n) is 6.65. The molecule has 0 aliphatic carbocycles. The molecule has 1 heterocycles. The Bertz CT molecular complexity index is 358. The van der Waals surface area contributed by atoms with Gasteiger partial charge in [-0.15, -0.1) is 0 Å². The van der Waals surface area contributed by atoms with E-state index in [2.05, 4.69) is 0 Å². The van der Waals surface area contributed by atoms with E-state index in [1.165, 1.54) is 4.31 Å². The van der Waals surface area contributed by atoms with E-state index in [1.54, 1.807) is 6.92 Å². The topological polar surface area (TPSA) is 63.7 Å². The molecule has 18 heavy (non-hydrogen) atoms. The van der Waals surface area contributed by atoms with Gasteiger partial charge in [0.2, 0.25) is 10.0 Å². The number of carbonyl (C=O) groups is 1. The Balaban J connectivity index is 2.37. The molecule has 0 radical (unpaired) electrons. The second-order valence-corrected chi connectivity index (χ2v) is 6.85. The van der Waals surface area contributed by atoms with Gasteiger partial charge in [0.1, 0.15) is 0 Å². The highest BCUT2D eigenvalue weighted by Crippen LogP contribution is 2.21. The van der Waals surface area contributed by atoms with Gasteiger partial charge in [-0.2, -0.15) is 0 Å². The van der Waals surface area contributed by atoms with Crippen molar-refractivity contribution in [1.82, 2.24) is 4.31 Å². The maximum Gasteiger partial charge on any atom is 0.309 e. The largest absolute Gasteiger partial charge is 0.465 e. The van der Waals surface area contributed by atoms with Crippen LogP contribution in [0.5, 0.6) is 0 Å². The average Bonchev–Trinajstić information content (AvgIpc) is 2.39. The van der Waals surface area contributed by atoms with Gasteiger partial charge >= 0.3 is 5.97 Å². The van der Waals surface area contributed by atoms with Gasteiger partial charge in [0.05, 0.1) is 18.3 Å². The summed E-state index contributed by atoms with van der Waals surface area (Å²) < 4.78 is 29.9. The van der Waals surface area contributed by atoms with E-state index < -0.39 is 10.0 Å². The number of nitrogens with zero attached hydrogens (tertiary/aromatic N) is 1. The summed E-state index contributed by atoms with van der Waals surface area (Å²) >= 11 is 0. The minimum Gasteiger partial charge on any atom is -0.465 e. The molecule has 6 heteroatoms. The van der Waals surface area contributed by atoms with Crippen molar-refractivity contribution in [2.24, 2.45) is 5.92 Å². The number of esters is 1. The van der Waals surface area contributed by atoms with E-state index >= 15 is 0 Å². The van der Waals surface area contributed by atoms with E-state index in [-0.39, 0.29) is 17.6 Å². The first-order chi connectivity index (χ1) is 8.51. The molecule has 0 saturated carbocycles. The summed E-state index contributed by atoms with van der Waals surface area (Å²) in [5.41, 5.74) is 0. The Morgan fingerprint density at radius 1 is 1.28 bits per heavy atom. The van der Waals surface area contributed by atoms with Crippen molar-refractivity contribution in [3.63, 3.8) is 0 Å². The van der Waals surface area contributed by atoms with Crippen LogP contribution in [0.3, 0.4) is 0 Å². The third-order valence-electron chi connectivity index (χ3n) is 3.29. The molecule has 1 fully saturated rings. The molecule has 0 amide bonds. The minimum absolute atomic E-state index is 0.124. The fourth-order valence-corrected chi connectivity index (χ4v) is 3.12. The van der Waals surface area contributed by atoms with Gasteiger partial charge in [-0.3, -0.25) is 4.79 Å². The SMILES string of the molecule is CCCCOC(=O)C1CCN(S(=O)(=O)CC)CC1. The van der Waals surface area contributed by atoms with Crippen LogP contribution in [0.25, 0.3) is 0 Å². The van der Waals surface area contributed by atoms with Crippen molar-refractivity contribution >= 4 is 16.0 Å². The maximum absolute atomic E-state index is 11.7. The van der Waals surface area contributed by atoms with Gasteiger partial charge in [-0.05, 0) is 26.2 Å². The lowest BCUT2D eigenvalue weighted by atomic mass is 9.98. The van der Waals surface area contributed by atoms with Crippen molar-refractivity contribution in [3.05, 3.63) is 0 Å². The zero-order valence-electron chi connectivity index (χ0n) is 11.2. The normalized spacial score (nSPS) is 18.8. The predicted molar refractivity (Wildman–Crippen MR) is 69.6 cm³/mol. The highest BCUT2D eigenvalue weighted by atomic mass is 32.2. The number of rotatable bonds is 6. The maximum atomic E-state index is 11.7. The number of unbranched alkanes of at least 4 members (excludes halogenated alkanes) is 1. The standard InChI is InChI=1S/C12H23NO4S/c1-3-5-10-17-12(14)11-6-8-13(9-7-11)18(15,16)4-2/h11H,3-10H2,1-2H3. The third kappa shape index (κ3) is 4.24. The highest BCUT2D eigenvalue weighted by Gasteiger charge is 2.30. The lowest BCUT2D eigenvalue weighted by molar-refractivity contribution is -0.149. The first-order valence-corrected chi connectivity index (χ1v) is 8.26. The predicted octanol–water partition coefficient (Wildman–Crippen LogP) is 1.39. The fraction of sp³-hybridized carbons (Fsp3) is 0.917. The highest BCUT2D eigenvalue weighted by molar-refractivity contribution is 7.89. The molecule has 1 aliphatic rings. The zero-order valence-corrected chi connectivity index (χ0v) is 12.0. The Labute approximate surface area is 110 Å². The van der Waals surface area contributed by atoms with Crippen LogP contribution in [-0.4, -0.2) is 44.1 Å². The first kappa shape index (κ1) is 15.4. The van der Waals surface area contributed by atoms with E-state index in [4.69, 9.17) is 4.74 Å². The van der Waals surface area contributed by atoms with E-state index in [1.807, 2.05) is 6.92 Å². The molecule has 0 spiro atoms. The second-order valence-electron chi connectivity index (χ2n) is 4.59. The monoisotopic (exact) mass is 277 g/mol. The molecule has 0 aromatic heterocycles. The van der Waals surface area contributed by atoms with Gasteiger partial charge in [0.25, 0.3) is 0 Å². The van der Waals surface area contributed by atoms with Crippen LogP contribution in [0.15, 0.2) is 0 Å². The Morgan fingerprint density at radius 3 is 2.39 bits per heavy atom. The van der Waals surface area contributed by atoms with Crippen LogP contribution < -0.4 is 0 Å². The molecule has 0 N–H and O–H groups in total. The molecule has 1 aliphatic heterocycles. The van der Waals surface area contributed by atoms with Crippen LogP contribution in [0.1, 0.15) is 39.5 Å². The van der Waals surface area contributed by atoms with E-state index in [0.717, 1.165) is 12.8 Å². The Kier molecular flexibility index (Phi) is 6.08. The van der Waals surface area contributed by atoms with Gasteiger partial charge in [-0.25, -0.2) is 12.7 Å². The lowest BCUT2D eigenvalue weighted by Gasteiger charge is -2.29. The molecule has 0 aromatic carbocycles.